The van der Waals surface area contributed by atoms with Crippen molar-refractivity contribution in [2.75, 3.05) is 13.7 Å². The van der Waals surface area contributed by atoms with E-state index in [-0.39, 0.29) is 29.7 Å². The molecule has 2 N–H and O–H groups in total. The first kappa shape index (κ1) is 23.0. The average Bonchev–Trinajstić information content (AvgIpc) is 2.60. The van der Waals surface area contributed by atoms with E-state index in [0.29, 0.717) is 19.0 Å². The molecule has 2 aromatic rings. The number of alkyl halides is 3. The van der Waals surface area contributed by atoms with Gasteiger partial charge in [0.1, 0.15) is 5.75 Å². The minimum Gasteiger partial charge on any atom is -0.484 e. The molecule has 1 aromatic heterocycles. The molecule has 0 bridgehead atoms. The lowest BCUT2D eigenvalue weighted by atomic mass is 10.2. The minimum absolute atomic E-state index is 0. The van der Waals surface area contributed by atoms with Gasteiger partial charge in [0, 0.05) is 19.3 Å². The van der Waals surface area contributed by atoms with Gasteiger partial charge in [-0.25, -0.2) is 0 Å². The maximum absolute atomic E-state index is 12.1. The third-order valence-corrected chi connectivity index (χ3v) is 3.39. The van der Waals surface area contributed by atoms with Gasteiger partial charge in [-0.1, -0.05) is 18.2 Å². The molecular weight excluding hydrogens is 472 g/mol. The zero-order chi connectivity index (χ0) is 19.0. The van der Waals surface area contributed by atoms with Crippen LogP contribution in [0.15, 0.2) is 47.5 Å². The molecule has 0 unspecified atom stereocenters. The maximum Gasteiger partial charge on any atom is 0.422 e. The zero-order valence-corrected chi connectivity index (χ0v) is 17.3. The van der Waals surface area contributed by atoms with Crippen LogP contribution in [0.1, 0.15) is 17.0 Å². The van der Waals surface area contributed by atoms with Crippen LogP contribution in [-0.2, 0) is 13.1 Å². The van der Waals surface area contributed by atoms with Crippen molar-refractivity contribution in [3.05, 3.63) is 59.4 Å². The van der Waals surface area contributed by atoms with E-state index in [9.17, 15) is 13.2 Å². The summed E-state index contributed by atoms with van der Waals surface area (Å²) in [6.45, 7) is 1.64. The fraction of sp³-hybridized carbons (Fsp3) is 0.333. The Labute approximate surface area is 173 Å². The van der Waals surface area contributed by atoms with Gasteiger partial charge in [0.25, 0.3) is 0 Å². The van der Waals surface area contributed by atoms with Crippen LogP contribution >= 0.6 is 24.0 Å². The first-order valence-electron chi connectivity index (χ1n) is 8.01. The molecule has 27 heavy (non-hydrogen) atoms. The van der Waals surface area contributed by atoms with Crippen molar-refractivity contribution >= 4 is 29.9 Å². The first-order valence-corrected chi connectivity index (χ1v) is 8.01. The molecule has 0 amide bonds. The molecule has 2 rings (SSSR count). The second-order valence-electron chi connectivity index (χ2n) is 5.60. The number of pyridine rings is 1. The average molecular weight is 494 g/mol. The predicted octanol–water partition coefficient (Wildman–Crippen LogP) is 3.81. The van der Waals surface area contributed by atoms with Crippen molar-refractivity contribution in [2.45, 2.75) is 26.2 Å². The summed E-state index contributed by atoms with van der Waals surface area (Å²) in [6.07, 6.45) is -4.34. The second-order valence-corrected chi connectivity index (χ2v) is 5.60. The van der Waals surface area contributed by atoms with Gasteiger partial charge < -0.3 is 15.4 Å². The van der Waals surface area contributed by atoms with E-state index in [4.69, 9.17) is 0 Å². The number of hydrogen-bond acceptors (Lipinski definition) is 3. The van der Waals surface area contributed by atoms with Crippen LogP contribution in [0.3, 0.4) is 0 Å². The van der Waals surface area contributed by atoms with E-state index in [0.717, 1.165) is 17.0 Å². The lowest BCUT2D eigenvalue weighted by molar-refractivity contribution is -0.153. The number of aliphatic imine (C=N–C) groups is 1. The van der Waals surface area contributed by atoms with E-state index >= 15 is 0 Å². The van der Waals surface area contributed by atoms with Gasteiger partial charge >= 0.3 is 6.18 Å². The van der Waals surface area contributed by atoms with Crippen molar-refractivity contribution in [3.63, 3.8) is 0 Å². The molecule has 0 saturated heterocycles. The van der Waals surface area contributed by atoms with E-state index < -0.39 is 12.8 Å². The smallest absolute Gasteiger partial charge is 0.422 e. The van der Waals surface area contributed by atoms with Gasteiger partial charge in [0.2, 0.25) is 0 Å². The lowest BCUT2D eigenvalue weighted by Gasteiger charge is -2.13. The Bertz CT molecular complexity index is 736. The van der Waals surface area contributed by atoms with Crippen molar-refractivity contribution in [2.24, 2.45) is 4.99 Å². The number of ether oxygens (including phenoxy) is 1. The number of guanidine groups is 1. The molecule has 0 saturated carbocycles. The Kier molecular flexibility index (Phi) is 9.33. The summed E-state index contributed by atoms with van der Waals surface area (Å²) in [4.78, 5) is 8.53. The molecule has 0 aliphatic rings. The molecule has 0 radical (unpaired) electrons. The Morgan fingerprint density at radius 3 is 2.33 bits per heavy atom. The molecule has 0 aliphatic heterocycles. The van der Waals surface area contributed by atoms with Crippen LogP contribution in [0.5, 0.6) is 5.75 Å². The molecular formula is C18H22F3IN4O. The minimum atomic E-state index is -4.34. The van der Waals surface area contributed by atoms with Crippen molar-refractivity contribution < 1.29 is 17.9 Å². The Morgan fingerprint density at radius 2 is 1.74 bits per heavy atom. The predicted molar refractivity (Wildman–Crippen MR) is 109 cm³/mol. The fourth-order valence-electron chi connectivity index (χ4n) is 2.15. The Hall–Kier alpha value is -2.04. The Morgan fingerprint density at radius 1 is 1.07 bits per heavy atom. The van der Waals surface area contributed by atoms with Crippen LogP contribution in [-0.4, -0.2) is 30.8 Å². The molecule has 148 valence electrons. The van der Waals surface area contributed by atoms with E-state index in [1.165, 1.54) is 12.1 Å². The van der Waals surface area contributed by atoms with Gasteiger partial charge in [-0.05, 0) is 36.8 Å². The molecule has 0 atom stereocenters. The molecule has 0 spiro atoms. The number of halogens is 4. The number of aromatic nitrogens is 1. The van der Waals surface area contributed by atoms with Crippen molar-refractivity contribution in [1.82, 2.24) is 15.6 Å². The third-order valence-electron chi connectivity index (χ3n) is 3.39. The van der Waals surface area contributed by atoms with Crippen LogP contribution in [0, 0.1) is 6.92 Å². The van der Waals surface area contributed by atoms with Gasteiger partial charge in [0.15, 0.2) is 12.6 Å². The highest BCUT2D eigenvalue weighted by atomic mass is 127. The quantitative estimate of drug-likeness (QED) is 0.365. The number of benzene rings is 1. The SMILES string of the molecule is CN=C(NCc1ccc(OCC(F)(F)F)cc1)NCc1cccc(C)n1.I. The van der Waals surface area contributed by atoms with Crippen molar-refractivity contribution in [3.8, 4) is 5.75 Å². The molecule has 9 heteroatoms. The number of nitrogens with zero attached hydrogens (tertiary/aromatic N) is 2. The van der Waals surface area contributed by atoms with Gasteiger partial charge in [-0.2, -0.15) is 13.2 Å². The van der Waals surface area contributed by atoms with Crippen LogP contribution in [0.25, 0.3) is 0 Å². The van der Waals surface area contributed by atoms with Gasteiger partial charge in [0.05, 0.1) is 12.2 Å². The molecule has 1 heterocycles. The topological polar surface area (TPSA) is 58.5 Å². The van der Waals surface area contributed by atoms with Crippen molar-refractivity contribution in [1.29, 1.82) is 0 Å². The standard InChI is InChI=1S/C18H21F3N4O.HI/c1-13-4-3-5-15(25-13)11-24-17(22-2)23-10-14-6-8-16(9-7-14)26-12-18(19,20)21;/h3-9H,10-12H2,1-2H3,(H2,22,23,24);1H. The largest absolute Gasteiger partial charge is 0.484 e. The Balaban J connectivity index is 0.00000364. The van der Waals surface area contributed by atoms with Crippen LogP contribution in [0.4, 0.5) is 13.2 Å². The molecule has 0 fully saturated rings. The van der Waals surface area contributed by atoms with Gasteiger partial charge in [-0.15, -0.1) is 24.0 Å². The van der Waals surface area contributed by atoms with Crippen LogP contribution in [0.2, 0.25) is 0 Å². The highest BCUT2D eigenvalue weighted by molar-refractivity contribution is 14.0. The van der Waals surface area contributed by atoms with E-state index in [1.807, 2.05) is 25.1 Å². The summed E-state index contributed by atoms with van der Waals surface area (Å²) >= 11 is 0. The van der Waals surface area contributed by atoms with Gasteiger partial charge in [-0.3, -0.25) is 9.98 Å². The monoisotopic (exact) mass is 494 g/mol. The fourth-order valence-corrected chi connectivity index (χ4v) is 2.15. The zero-order valence-electron chi connectivity index (χ0n) is 15.0. The maximum atomic E-state index is 12.1. The van der Waals surface area contributed by atoms with E-state index in [1.54, 1.807) is 19.2 Å². The van der Waals surface area contributed by atoms with E-state index in [2.05, 4.69) is 25.3 Å². The number of hydrogen-bond donors (Lipinski definition) is 2. The molecule has 5 nitrogen and oxygen atoms in total. The highest BCUT2D eigenvalue weighted by Crippen LogP contribution is 2.18. The summed E-state index contributed by atoms with van der Waals surface area (Å²) in [5, 5.41) is 6.29. The summed E-state index contributed by atoms with van der Waals surface area (Å²) in [5.74, 6) is 0.782. The lowest BCUT2D eigenvalue weighted by Crippen LogP contribution is -2.36. The summed E-state index contributed by atoms with van der Waals surface area (Å²) in [7, 11) is 1.66. The highest BCUT2D eigenvalue weighted by Gasteiger charge is 2.28. The number of nitrogens with one attached hydrogen (secondary N) is 2. The summed E-state index contributed by atoms with van der Waals surface area (Å²) < 4.78 is 41.1. The number of rotatable bonds is 6. The number of aryl methyl sites for hydroxylation is 1. The second kappa shape index (κ2) is 11.0. The van der Waals surface area contributed by atoms with Crippen LogP contribution < -0.4 is 15.4 Å². The third kappa shape index (κ3) is 8.94. The molecule has 0 aliphatic carbocycles. The molecule has 1 aromatic carbocycles. The first-order chi connectivity index (χ1) is 12.4. The normalized spacial score (nSPS) is 11.5. The summed E-state index contributed by atoms with van der Waals surface area (Å²) in [5.41, 5.74) is 2.74. The summed E-state index contributed by atoms with van der Waals surface area (Å²) in [6, 6.07) is 12.2.